The van der Waals surface area contributed by atoms with Gasteiger partial charge in [0.2, 0.25) is 10.0 Å². The highest BCUT2D eigenvalue weighted by molar-refractivity contribution is 7.89. The molecule has 0 saturated heterocycles. The first-order valence-corrected chi connectivity index (χ1v) is 6.11. The lowest BCUT2D eigenvalue weighted by Crippen LogP contribution is -2.27. The van der Waals surface area contributed by atoms with Crippen molar-refractivity contribution in [3.05, 3.63) is 29.8 Å². The molecule has 0 aliphatic carbocycles. The Morgan fingerprint density at radius 1 is 1.31 bits per heavy atom. The van der Waals surface area contributed by atoms with Gasteiger partial charge in [-0.3, -0.25) is 0 Å². The minimum atomic E-state index is -4.01. The number of nitrogens with one attached hydrogen (secondary N) is 1. The van der Waals surface area contributed by atoms with Crippen LogP contribution in [0.2, 0.25) is 0 Å². The molecule has 0 fully saturated rings. The lowest BCUT2D eigenvalue weighted by atomic mass is 10.3. The topological polar surface area (TPSA) is 72.2 Å². The summed E-state index contributed by atoms with van der Waals surface area (Å²) in [5, 5.41) is 0. The molecule has 0 unspecified atom stereocenters. The Labute approximate surface area is 92.5 Å². The van der Waals surface area contributed by atoms with Gasteiger partial charge in [-0.05, 0) is 25.1 Å². The van der Waals surface area contributed by atoms with Gasteiger partial charge in [-0.25, -0.2) is 21.9 Å². The van der Waals surface area contributed by atoms with E-state index < -0.39 is 26.6 Å². The van der Waals surface area contributed by atoms with E-state index in [1.807, 2.05) is 0 Å². The minimum absolute atomic E-state index is 0.0921. The third-order valence-corrected chi connectivity index (χ3v) is 3.36. The number of halogens is 2. The second kappa shape index (κ2) is 5.33. The third-order valence-electron chi connectivity index (χ3n) is 1.88. The van der Waals surface area contributed by atoms with Crippen molar-refractivity contribution in [1.29, 1.82) is 0 Å². The molecule has 0 heterocycles. The summed E-state index contributed by atoms with van der Waals surface area (Å²) in [6.07, 6.45) is 0.427. The average molecular weight is 250 g/mol. The molecule has 0 bridgehead atoms. The molecule has 0 radical (unpaired) electrons. The van der Waals surface area contributed by atoms with Crippen LogP contribution in [-0.4, -0.2) is 21.5 Å². The van der Waals surface area contributed by atoms with E-state index >= 15 is 0 Å². The average Bonchev–Trinajstić information content (AvgIpc) is 2.22. The van der Waals surface area contributed by atoms with Gasteiger partial charge < -0.3 is 5.73 Å². The Kier molecular flexibility index (Phi) is 4.34. The van der Waals surface area contributed by atoms with E-state index in [9.17, 15) is 17.2 Å². The summed E-state index contributed by atoms with van der Waals surface area (Å²) >= 11 is 0. The predicted octanol–water partition coefficient (Wildman–Crippen LogP) is 0.592. The lowest BCUT2D eigenvalue weighted by molar-refractivity contribution is 0.483. The van der Waals surface area contributed by atoms with Crippen molar-refractivity contribution in [3.8, 4) is 0 Å². The van der Waals surface area contributed by atoms with E-state index in [1.165, 1.54) is 0 Å². The number of nitrogens with two attached hydrogens (primary N) is 1. The van der Waals surface area contributed by atoms with Gasteiger partial charge in [0.15, 0.2) is 11.6 Å². The smallest absolute Gasteiger partial charge is 0.243 e. The molecule has 1 aromatic rings. The molecule has 0 saturated carbocycles. The van der Waals surface area contributed by atoms with E-state index in [4.69, 9.17) is 5.73 Å². The Bertz CT molecular complexity index is 463. The molecule has 90 valence electrons. The van der Waals surface area contributed by atoms with Crippen LogP contribution in [0.3, 0.4) is 0 Å². The zero-order valence-corrected chi connectivity index (χ0v) is 9.23. The summed E-state index contributed by atoms with van der Waals surface area (Å²) in [7, 11) is -4.01. The van der Waals surface area contributed by atoms with Crippen LogP contribution in [0.4, 0.5) is 8.78 Å². The molecule has 0 amide bonds. The van der Waals surface area contributed by atoms with Crippen molar-refractivity contribution in [2.45, 2.75) is 11.3 Å². The second-order valence-corrected chi connectivity index (χ2v) is 4.83. The van der Waals surface area contributed by atoms with Crippen molar-refractivity contribution in [2.75, 3.05) is 13.1 Å². The number of benzene rings is 1. The zero-order chi connectivity index (χ0) is 12.2. The molecule has 7 heteroatoms. The monoisotopic (exact) mass is 250 g/mol. The Morgan fingerprint density at radius 3 is 2.62 bits per heavy atom. The maximum atomic E-state index is 13.2. The van der Waals surface area contributed by atoms with Crippen LogP contribution in [0.25, 0.3) is 0 Å². The first-order valence-electron chi connectivity index (χ1n) is 4.63. The van der Waals surface area contributed by atoms with Gasteiger partial charge in [0, 0.05) is 6.54 Å². The normalized spacial score (nSPS) is 11.7. The number of hydrogen-bond acceptors (Lipinski definition) is 3. The van der Waals surface area contributed by atoms with Gasteiger partial charge in [-0.1, -0.05) is 6.07 Å². The summed E-state index contributed by atoms with van der Waals surface area (Å²) in [6, 6.07) is 2.99. The molecule has 4 nitrogen and oxygen atoms in total. The van der Waals surface area contributed by atoms with Crippen LogP contribution < -0.4 is 10.5 Å². The molecular formula is C9H12F2N2O2S. The third kappa shape index (κ3) is 2.97. The van der Waals surface area contributed by atoms with Gasteiger partial charge in [0.25, 0.3) is 0 Å². The quantitative estimate of drug-likeness (QED) is 0.751. The number of sulfonamides is 1. The summed E-state index contributed by atoms with van der Waals surface area (Å²) in [5.74, 6) is -2.57. The van der Waals surface area contributed by atoms with Gasteiger partial charge in [-0.15, -0.1) is 0 Å². The fourth-order valence-corrected chi connectivity index (χ4v) is 2.24. The largest absolute Gasteiger partial charge is 0.330 e. The maximum absolute atomic E-state index is 13.2. The van der Waals surface area contributed by atoms with Crippen LogP contribution >= 0.6 is 0 Å². The minimum Gasteiger partial charge on any atom is -0.330 e. The van der Waals surface area contributed by atoms with Crippen LogP contribution in [0.15, 0.2) is 23.1 Å². The van der Waals surface area contributed by atoms with Crippen molar-refractivity contribution < 1.29 is 17.2 Å². The van der Waals surface area contributed by atoms with Crippen molar-refractivity contribution in [3.63, 3.8) is 0 Å². The molecule has 0 aromatic heterocycles. The molecule has 1 rings (SSSR count). The highest BCUT2D eigenvalue weighted by atomic mass is 32.2. The van der Waals surface area contributed by atoms with Crippen LogP contribution in [0.5, 0.6) is 0 Å². The van der Waals surface area contributed by atoms with E-state index in [1.54, 1.807) is 0 Å². The standard InChI is InChI=1S/C9H12F2N2O2S/c10-7-3-1-4-8(9(7)11)16(14,15)13-6-2-5-12/h1,3-4,13H,2,5-6,12H2. The molecule has 3 N–H and O–H groups in total. The fraction of sp³-hybridized carbons (Fsp3) is 0.333. The predicted molar refractivity (Wildman–Crippen MR) is 55.2 cm³/mol. The summed E-state index contributed by atoms with van der Waals surface area (Å²) in [6.45, 7) is 0.406. The van der Waals surface area contributed by atoms with Gasteiger partial charge in [0.05, 0.1) is 0 Å². The fourth-order valence-electron chi connectivity index (χ4n) is 1.08. The second-order valence-electron chi connectivity index (χ2n) is 3.09. The van der Waals surface area contributed by atoms with Crippen LogP contribution in [-0.2, 0) is 10.0 Å². The molecule has 0 atom stereocenters. The highest BCUT2D eigenvalue weighted by Crippen LogP contribution is 2.16. The van der Waals surface area contributed by atoms with Crippen LogP contribution in [0, 0.1) is 11.6 Å². The first kappa shape index (κ1) is 13.0. The van der Waals surface area contributed by atoms with E-state index in [2.05, 4.69) is 4.72 Å². The Morgan fingerprint density at radius 2 is 2.00 bits per heavy atom. The SMILES string of the molecule is NCCCNS(=O)(=O)c1cccc(F)c1F. The van der Waals surface area contributed by atoms with Gasteiger partial charge >= 0.3 is 0 Å². The van der Waals surface area contributed by atoms with Gasteiger partial charge in [0.1, 0.15) is 4.90 Å². The Hall–Kier alpha value is -1.05. The van der Waals surface area contributed by atoms with Crippen molar-refractivity contribution in [2.24, 2.45) is 5.73 Å². The van der Waals surface area contributed by atoms with E-state index in [-0.39, 0.29) is 6.54 Å². The van der Waals surface area contributed by atoms with E-state index in [0.717, 1.165) is 18.2 Å². The van der Waals surface area contributed by atoms with Gasteiger partial charge in [-0.2, -0.15) is 0 Å². The van der Waals surface area contributed by atoms with E-state index in [0.29, 0.717) is 13.0 Å². The summed E-state index contributed by atoms with van der Waals surface area (Å²) < 4.78 is 51.2. The Balaban J connectivity index is 2.94. The molecule has 0 aliphatic rings. The zero-order valence-electron chi connectivity index (χ0n) is 8.41. The number of rotatable bonds is 5. The summed E-state index contributed by atoms with van der Waals surface area (Å²) in [4.78, 5) is -0.690. The maximum Gasteiger partial charge on any atom is 0.243 e. The molecule has 1 aromatic carbocycles. The summed E-state index contributed by atoms with van der Waals surface area (Å²) in [5.41, 5.74) is 5.18. The first-order chi connectivity index (χ1) is 7.49. The molecule has 0 spiro atoms. The lowest BCUT2D eigenvalue weighted by Gasteiger charge is -2.07. The highest BCUT2D eigenvalue weighted by Gasteiger charge is 2.20. The molecule has 16 heavy (non-hydrogen) atoms. The molecule has 0 aliphatic heterocycles. The van der Waals surface area contributed by atoms with Crippen molar-refractivity contribution in [1.82, 2.24) is 4.72 Å². The number of hydrogen-bond donors (Lipinski definition) is 2. The van der Waals surface area contributed by atoms with Crippen LogP contribution in [0.1, 0.15) is 6.42 Å². The molecular weight excluding hydrogens is 238 g/mol. The van der Waals surface area contributed by atoms with Crippen molar-refractivity contribution >= 4 is 10.0 Å².